The molecule has 6 nitrogen and oxygen atoms in total. The summed E-state index contributed by atoms with van der Waals surface area (Å²) in [5, 5.41) is 0. The molecule has 0 spiro atoms. The summed E-state index contributed by atoms with van der Waals surface area (Å²) in [6, 6.07) is 18.7. The number of halogens is 1. The Balaban J connectivity index is 1.66. The lowest BCUT2D eigenvalue weighted by Crippen LogP contribution is -2.43. The molecule has 0 aliphatic carbocycles. The topological polar surface area (TPSA) is 70.6 Å². The first-order chi connectivity index (χ1) is 16.4. The first kappa shape index (κ1) is 23.3. The van der Waals surface area contributed by atoms with Crippen molar-refractivity contribution in [1.29, 1.82) is 0 Å². The molecule has 1 aromatic heterocycles. The molecule has 7 heteroatoms. The Morgan fingerprint density at radius 2 is 1.82 bits per heavy atom. The van der Waals surface area contributed by atoms with Crippen LogP contribution in [-0.4, -0.2) is 39.1 Å². The highest BCUT2D eigenvalue weighted by molar-refractivity contribution is 6.10. The van der Waals surface area contributed by atoms with Gasteiger partial charge in [0.2, 0.25) is 17.7 Å². The normalized spacial score (nSPS) is 17.8. The van der Waals surface area contributed by atoms with E-state index >= 15 is 0 Å². The number of aromatic nitrogens is 1. The molecule has 34 heavy (non-hydrogen) atoms. The number of imide groups is 1. The van der Waals surface area contributed by atoms with Crippen LogP contribution in [0.25, 0.3) is 0 Å². The van der Waals surface area contributed by atoms with Gasteiger partial charge in [0, 0.05) is 38.3 Å². The minimum Gasteiger partial charge on any atom is -0.339 e. The van der Waals surface area contributed by atoms with Crippen molar-refractivity contribution >= 4 is 17.7 Å². The molecule has 1 saturated heterocycles. The molecule has 3 aromatic rings. The Morgan fingerprint density at radius 3 is 2.50 bits per heavy atom. The number of benzene rings is 2. The van der Waals surface area contributed by atoms with Crippen LogP contribution in [0.4, 0.5) is 4.39 Å². The van der Waals surface area contributed by atoms with Crippen molar-refractivity contribution < 1.29 is 18.8 Å². The minimum absolute atomic E-state index is 0.0538. The number of amides is 3. The van der Waals surface area contributed by atoms with Crippen LogP contribution in [0, 0.1) is 5.82 Å². The van der Waals surface area contributed by atoms with Gasteiger partial charge in [0.15, 0.2) is 0 Å². The van der Waals surface area contributed by atoms with Gasteiger partial charge in [-0.2, -0.15) is 0 Å². The molecule has 3 amide bonds. The van der Waals surface area contributed by atoms with Crippen molar-refractivity contribution in [1.82, 2.24) is 14.8 Å². The molecule has 1 aliphatic heterocycles. The smallest absolute Gasteiger partial charge is 0.241 e. The van der Waals surface area contributed by atoms with Crippen molar-refractivity contribution in [3.63, 3.8) is 0 Å². The van der Waals surface area contributed by atoms with Crippen LogP contribution >= 0.6 is 0 Å². The van der Waals surface area contributed by atoms with E-state index in [0.717, 1.165) is 10.5 Å². The second-order valence-electron chi connectivity index (χ2n) is 8.49. The Kier molecular flexibility index (Phi) is 6.82. The third-order valence-electron chi connectivity index (χ3n) is 6.25. The largest absolute Gasteiger partial charge is 0.339 e. The average Bonchev–Trinajstić information content (AvgIpc) is 3.08. The van der Waals surface area contributed by atoms with Gasteiger partial charge in [-0.3, -0.25) is 24.3 Å². The van der Waals surface area contributed by atoms with E-state index < -0.39 is 23.0 Å². The van der Waals surface area contributed by atoms with Crippen LogP contribution < -0.4 is 0 Å². The van der Waals surface area contributed by atoms with Crippen molar-refractivity contribution in [3.05, 3.63) is 102 Å². The Hall–Kier alpha value is -3.87. The summed E-state index contributed by atoms with van der Waals surface area (Å²) in [5.74, 6) is -1.67. The maximum Gasteiger partial charge on any atom is 0.241 e. The van der Waals surface area contributed by atoms with E-state index in [1.165, 1.54) is 18.2 Å². The maximum absolute atomic E-state index is 14.2. The predicted octanol–water partition coefficient (Wildman–Crippen LogP) is 3.86. The molecule has 0 N–H and O–H groups in total. The summed E-state index contributed by atoms with van der Waals surface area (Å²) in [5.41, 5.74) is 0.542. The zero-order valence-corrected chi connectivity index (χ0v) is 19.0. The fourth-order valence-electron chi connectivity index (χ4n) is 4.44. The lowest BCUT2D eigenvalue weighted by molar-refractivity contribution is -0.143. The van der Waals surface area contributed by atoms with E-state index in [9.17, 15) is 18.8 Å². The minimum atomic E-state index is -1.46. The van der Waals surface area contributed by atoms with Gasteiger partial charge >= 0.3 is 0 Å². The van der Waals surface area contributed by atoms with E-state index in [-0.39, 0.29) is 25.3 Å². The zero-order chi connectivity index (χ0) is 24.1. The van der Waals surface area contributed by atoms with Crippen molar-refractivity contribution in [2.75, 3.05) is 6.54 Å². The van der Waals surface area contributed by atoms with Gasteiger partial charge in [-0.05, 0) is 41.8 Å². The van der Waals surface area contributed by atoms with Crippen LogP contribution in [0.1, 0.15) is 36.5 Å². The average molecular weight is 460 g/mol. The molecule has 1 atom stereocenters. The molecule has 0 saturated carbocycles. The molecule has 1 aliphatic rings. The molecule has 0 bridgehead atoms. The van der Waals surface area contributed by atoms with E-state index in [1.807, 2.05) is 37.3 Å². The molecule has 1 unspecified atom stereocenters. The van der Waals surface area contributed by atoms with Crippen molar-refractivity contribution in [2.24, 2.45) is 0 Å². The van der Waals surface area contributed by atoms with Gasteiger partial charge in [0.25, 0.3) is 0 Å². The standard InChI is InChI=1S/C27H26FN3O3/c1-2-30(18-20-8-4-3-5-9-20)24(32)15-27(22-11-6-12-23(28)14-22)16-25(33)31(26(27)34)19-21-10-7-13-29-17-21/h3-14,17H,2,15-16,18-19H2,1H3. The van der Waals surface area contributed by atoms with E-state index in [2.05, 4.69) is 4.98 Å². The number of carbonyl (C=O) groups is 3. The number of hydrogen-bond acceptors (Lipinski definition) is 4. The van der Waals surface area contributed by atoms with Crippen molar-refractivity contribution in [3.8, 4) is 0 Å². The molecule has 2 heterocycles. The highest BCUT2D eigenvalue weighted by Gasteiger charge is 2.54. The van der Waals surface area contributed by atoms with Crippen LogP contribution in [0.3, 0.4) is 0 Å². The second kappa shape index (κ2) is 9.95. The number of carbonyl (C=O) groups excluding carboxylic acids is 3. The van der Waals surface area contributed by atoms with Gasteiger partial charge in [0.1, 0.15) is 5.82 Å². The van der Waals surface area contributed by atoms with Gasteiger partial charge in [-0.1, -0.05) is 48.5 Å². The molecule has 2 aromatic carbocycles. The van der Waals surface area contributed by atoms with E-state index in [1.54, 1.807) is 35.5 Å². The number of nitrogens with zero attached hydrogens (tertiary/aromatic N) is 3. The van der Waals surface area contributed by atoms with Crippen LogP contribution in [-0.2, 0) is 32.9 Å². The first-order valence-corrected chi connectivity index (χ1v) is 11.2. The monoisotopic (exact) mass is 459 g/mol. The molecular weight excluding hydrogens is 433 g/mol. The van der Waals surface area contributed by atoms with Gasteiger partial charge < -0.3 is 4.90 Å². The fraction of sp³-hybridized carbons (Fsp3) is 0.259. The van der Waals surface area contributed by atoms with Crippen LogP contribution in [0.15, 0.2) is 79.1 Å². The van der Waals surface area contributed by atoms with E-state index in [0.29, 0.717) is 24.2 Å². The Labute approximate surface area is 198 Å². The lowest BCUT2D eigenvalue weighted by atomic mass is 9.75. The highest BCUT2D eigenvalue weighted by atomic mass is 19.1. The van der Waals surface area contributed by atoms with E-state index in [4.69, 9.17) is 0 Å². The molecule has 0 radical (unpaired) electrons. The van der Waals surface area contributed by atoms with Gasteiger partial charge in [-0.15, -0.1) is 0 Å². The summed E-state index contributed by atoms with van der Waals surface area (Å²) in [6.45, 7) is 2.75. The van der Waals surface area contributed by atoms with Gasteiger partial charge in [-0.25, -0.2) is 4.39 Å². The number of hydrogen-bond donors (Lipinski definition) is 0. The SMILES string of the molecule is CCN(Cc1ccccc1)C(=O)CC1(c2cccc(F)c2)CC(=O)N(Cc2cccnc2)C1=O. The quantitative estimate of drug-likeness (QED) is 0.480. The molecule has 4 rings (SSSR count). The molecule has 1 fully saturated rings. The Morgan fingerprint density at radius 1 is 1.06 bits per heavy atom. The summed E-state index contributed by atoms with van der Waals surface area (Å²) in [4.78, 5) is 47.1. The maximum atomic E-state index is 14.2. The highest BCUT2D eigenvalue weighted by Crippen LogP contribution is 2.41. The first-order valence-electron chi connectivity index (χ1n) is 11.2. The molecular formula is C27H26FN3O3. The summed E-state index contributed by atoms with van der Waals surface area (Å²) < 4.78 is 14.2. The molecule has 174 valence electrons. The van der Waals surface area contributed by atoms with Crippen LogP contribution in [0.2, 0.25) is 0 Å². The summed E-state index contributed by atoms with van der Waals surface area (Å²) in [6.07, 6.45) is 2.79. The van der Waals surface area contributed by atoms with Crippen LogP contribution in [0.5, 0.6) is 0 Å². The lowest BCUT2D eigenvalue weighted by Gasteiger charge is -2.30. The number of likely N-dealkylation sites (tertiary alicyclic amines) is 1. The van der Waals surface area contributed by atoms with Crippen molar-refractivity contribution in [2.45, 2.75) is 38.3 Å². The summed E-state index contributed by atoms with van der Waals surface area (Å²) >= 11 is 0. The zero-order valence-electron chi connectivity index (χ0n) is 19.0. The summed E-state index contributed by atoms with van der Waals surface area (Å²) in [7, 11) is 0. The second-order valence-corrected chi connectivity index (χ2v) is 8.49. The fourth-order valence-corrected chi connectivity index (χ4v) is 4.44. The number of rotatable bonds is 8. The predicted molar refractivity (Wildman–Crippen MR) is 125 cm³/mol. The third kappa shape index (κ3) is 4.73. The Bertz CT molecular complexity index is 1190. The number of pyridine rings is 1. The van der Waals surface area contributed by atoms with Gasteiger partial charge in [0.05, 0.1) is 12.0 Å². The third-order valence-corrected chi connectivity index (χ3v) is 6.25.